The van der Waals surface area contributed by atoms with Crippen molar-refractivity contribution in [3.05, 3.63) is 83.8 Å². The van der Waals surface area contributed by atoms with Crippen molar-refractivity contribution in [1.82, 2.24) is 20.1 Å². The van der Waals surface area contributed by atoms with Crippen molar-refractivity contribution in [3.8, 4) is 11.1 Å². The molecular formula is C22H21N5O. The van der Waals surface area contributed by atoms with Gasteiger partial charge >= 0.3 is 0 Å². The highest BCUT2D eigenvalue weighted by Gasteiger charge is 2.26. The van der Waals surface area contributed by atoms with E-state index in [1.54, 1.807) is 10.9 Å². The molecule has 3 heterocycles. The Morgan fingerprint density at radius 3 is 2.75 bits per heavy atom. The Bertz CT molecular complexity index is 1090. The summed E-state index contributed by atoms with van der Waals surface area (Å²) in [6, 6.07) is 15.6. The zero-order valence-electron chi connectivity index (χ0n) is 15.8. The van der Waals surface area contributed by atoms with Crippen molar-refractivity contribution in [1.29, 1.82) is 0 Å². The van der Waals surface area contributed by atoms with E-state index in [1.807, 2.05) is 74.9 Å². The molecule has 28 heavy (non-hydrogen) atoms. The van der Waals surface area contributed by atoms with Gasteiger partial charge in [0, 0.05) is 31.5 Å². The van der Waals surface area contributed by atoms with Crippen LogP contribution in [0.25, 0.3) is 11.1 Å². The molecule has 0 fully saturated rings. The molecule has 1 aromatic carbocycles. The highest BCUT2D eigenvalue weighted by Crippen LogP contribution is 2.35. The average molecular weight is 371 g/mol. The van der Waals surface area contributed by atoms with Crippen LogP contribution < -0.4 is 10.6 Å². The molecule has 0 atom stereocenters. The first-order chi connectivity index (χ1) is 13.6. The van der Waals surface area contributed by atoms with Crippen LogP contribution >= 0.6 is 0 Å². The number of anilines is 2. The van der Waals surface area contributed by atoms with E-state index in [2.05, 4.69) is 20.7 Å². The molecule has 6 heteroatoms. The lowest BCUT2D eigenvalue weighted by atomic mass is 9.94. The summed E-state index contributed by atoms with van der Waals surface area (Å²) >= 11 is 0. The predicted octanol–water partition coefficient (Wildman–Crippen LogP) is 3.90. The highest BCUT2D eigenvalue weighted by atomic mass is 16.1. The topological polar surface area (TPSA) is 71.8 Å². The van der Waals surface area contributed by atoms with E-state index < -0.39 is 0 Å². The number of aryl methyl sites for hydroxylation is 2. The molecule has 1 aliphatic rings. The van der Waals surface area contributed by atoms with Gasteiger partial charge in [0.05, 0.1) is 17.4 Å². The van der Waals surface area contributed by atoms with Crippen LogP contribution in [0.4, 0.5) is 11.5 Å². The molecule has 0 aliphatic carbocycles. The summed E-state index contributed by atoms with van der Waals surface area (Å²) in [5.41, 5.74) is 5.45. The van der Waals surface area contributed by atoms with E-state index in [4.69, 9.17) is 0 Å². The SMILES string of the molecule is Cc1ccccn(C)ncc1-c1ccc(Nc2ccccn2)c2c1CNC2=O. The van der Waals surface area contributed by atoms with Gasteiger partial charge in [0.1, 0.15) is 5.82 Å². The molecule has 2 aromatic heterocycles. The lowest BCUT2D eigenvalue weighted by Gasteiger charge is -2.13. The fourth-order valence-electron chi connectivity index (χ4n) is 3.31. The molecule has 1 aliphatic heterocycles. The maximum Gasteiger partial charge on any atom is 0.254 e. The first-order valence-corrected chi connectivity index (χ1v) is 9.08. The number of amides is 1. The maximum absolute atomic E-state index is 12.6. The Hall–Kier alpha value is -3.67. The Morgan fingerprint density at radius 1 is 1.07 bits per heavy atom. The molecule has 0 saturated heterocycles. The predicted molar refractivity (Wildman–Crippen MR) is 110 cm³/mol. The molecule has 0 radical (unpaired) electrons. The number of aromatic nitrogens is 3. The molecule has 3 aromatic rings. The van der Waals surface area contributed by atoms with Gasteiger partial charge in [-0.25, -0.2) is 4.98 Å². The lowest BCUT2D eigenvalue weighted by molar-refractivity contribution is 0.0966. The first kappa shape index (κ1) is 17.7. The number of hydrogen-bond donors (Lipinski definition) is 2. The number of rotatable bonds is 3. The van der Waals surface area contributed by atoms with Gasteiger partial charge < -0.3 is 10.6 Å². The van der Waals surface area contributed by atoms with Crippen LogP contribution in [0, 0.1) is 6.92 Å². The van der Waals surface area contributed by atoms with Gasteiger partial charge in [0.15, 0.2) is 0 Å². The lowest BCUT2D eigenvalue weighted by Crippen LogP contribution is -2.13. The number of nitrogens with one attached hydrogen (secondary N) is 2. The summed E-state index contributed by atoms with van der Waals surface area (Å²) in [5.74, 6) is 0.620. The molecule has 2 N–H and O–H groups in total. The van der Waals surface area contributed by atoms with Gasteiger partial charge in [-0.05, 0) is 47.9 Å². The van der Waals surface area contributed by atoms with Crippen molar-refractivity contribution in [3.63, 3.8) is 0 Å². The summed E-state index contributed by atoms with van der Waals surface area (Å²) < 4.78 is 1.75. The van der Waals surface area contributed by atoms with Crippen LogP contribution in [-0.2, 0) is 13.6 Å². The van der Waals surface area contributed by atoms with Crippen LogP contribution in [0.15, 0.2) is 67.1 Å². The Kier molecular flexibility index (Phi) is 4.76. The van der Waals surface area contributed by atoms with E-state index >= 15 is 0 Å². The smallest absolute Gasteiger partial charge is 0.254 e. The molecule has 6 nitrogen and oxygen atoms in total. The molecular weight excluding hydrogens is 350 g/mol. The van der Waals surface area contributed by atoms with Crippen molar-refractivity contribution in [2.45, 2.75) is 13.5 Å². The normalized spacial score (nSPS) is 12.1. The molecule has 0 spiro atoms. The van der Waals surface area contributed by atoms with E-state index in [9.17, 15) is 4.79 Å². The van der Waals surface area contributed by atoms with Gasteiger partial charge in [-0.15, -0.1) is 0 Å². The van der Waals surface area contributed by atoms with E-state index in [0.717, 1.165) is 27.9 Å². The number of carbonyl (C=O) groups excluding carboxylic acids is 1. The average Bonchev–Trinajstić information content (AvgIpc) is 3.12. The van der Waals surface area contributed by atoms with Crippen molar-refractivity contribution in [2.75, 3.05) is 5.32 Å². The Balaban J connectivity index is 1.88. The third-order valence-corrected chi connectivity index (χ3v) is 4.74. The van der Waals surface area contributed by atoms with Crippen molar-refractivity contribution < 1.29 is 4.79 Å². The van der Waals surface area contributed by atoms with E-state index in [1.165, 1.54) is 0 Å². The largest absolute Gasteiger partial charge is 0.348 e. The molecule has 4 rings (SSSR count). The quantitative estimate of drug-likeness (QED) is 0.732. The van der Waals surface area contributed by atoms with Gasteiger partial charge in [0.25, 0.3) is 5.91 Å². The minimum Gasteiger partial charge on any atom is -0.348 e. The van der Waals surface area contributed by atoms with E-state index in [-0.39, 0.29) is 5.91 Å². The number of hydrogen-bond acceptors (Lipinski definition) is 4. The second kappa shape index (κ2) is 7.52. The van der Waals surface area contributed by atoms with Gasteiger partial charge in [-0.3, -0.25) is 9.48 Å². The monoisotopic (exact) mass is 371 g/mol. The second-order valence-electron chi connectivity index (χ2n) is 6.65. The number of pyridine rings is 1. The minimum absolute atomic E-state index is 0.0807. The minimum atomic E-state index is -0.0807. The number of carbonyl (C=O) groups is 1. The van der Waals surface area contributed by atoms with Crippen LogP contribution in [0.5, 0.6) is 0 Å². The number of fused-ring (bicyclic) bond motifs is 1. The Morgan fingerprint density at radius 2 is 1.93 bits per heavy atom. The summed E-state index contributed by atoms with van der Waals surface area (Å²) in [7, 11) is 1.88. The zero-order chi connectivity index (χ0) is 19.5. The van der Waals surface area contributed by atoms with Crippen LogP contribution in [0.2, 0.25) is 0 Å². The van der Waals surface area contributed by atoms with Crippen molar-refractivity contribution in [2.24, 2.45) is 7.05 Å². The zero-order valence-corrected chi connectivity index (χ0v) is 15.8. The second-order valence-corrected chi connectivity index (χ2v) is 6.65. The molecule has 1 amide bonds. The van der Waals surface area contributed by atoms with Crippen molar-refractivity contribution >= 4 is 17.4 Å². The maximum atomic E-state index is 12.6. The Labute approximate surface area is 163 Å². The molecule has 0 unspecified atom stereocenters. The van der Waals surface area contributed by atoms with Gasteiger partial charge in [-0.1, -0.05) is 24.3 Å². The van der Waals surface area contributed by atoms with Gasteiger partial charge in [0.2, 0.25) is 0 Å². The van der Waals surface area contributed by atoms with E-state index in [0.29, 0.717) is 17.9 Å². The summed E-state index contributed by atoms with van der Waals surface area (Å²) in [6.45, 7) is 2.54. The summed E-state index contributed by atoms with van der Waals surface area (Å²) in [5, 5.41) is 10.7. The van der Waals surface area contributed by atoms with Gasteiger partial charge in [-0.2, -0.15) is 5.10 Å². The standard InChI is InChI=1S/C22H21N5O/c1-15-7-4-6-12-27(2)25-14-17(15)16-9-10-19(21-18(16)13-24-22(21)28)26-20-8-3-5-11-23-20/h3-12,14H,13H2,1-2H3,(H,23,26)(H,24,28). The fraction of sp³-hybridized carbons (Fsp3) is 0.136. The number of benzene rings is 1. The molecule has 0 saturated carbocycles. The third-order valence-electron chi connectivity index (χ3n) is 4.74. The summed E-state index contributed by atoms with van der Waals surface area (Å²) in [4.78, 5) is 16.9. The number of nitrogens with zero attached hydrogens (tertiary/aromatic N) is 3. The highest BCUT2D eigenvalue weighted by molar-refractivity contribution is 6.06. The van der Waals surface area contributed by atoms with Crippen LogP contribution in [0.3, 0.4) is 0 Å². The molecule has 0 bridgehead atoms. The fourth-order valence-corrected chi connectivity index (χ4v) is 3.31. The molecule has 140 valence electrons. The van der Waals surface area contributed by atoms with Crippen LogP contribution in [-0.4, -0.2) is 20.7 Å². The summed E-state index contributed by atoms with van der Waals surface area (Å²) in [6.07, 6.45) is 5.45. The third kappa shape index (κ3) is 3.44. The first-order valence-electron chi connectivity index (χ1n) is 9.08. The van der Waals surface area contributed by atoms with Crippen LogP contribution in [0.1, 0.15) is 21.5 Å².